The van der Waals surface area contributed by atoms with Crippen LogP contribution in [-0.2, 0) is 33.2 Å². The second kappa shape index (κ2) is 14.7. The summed E-state index contributed by atoms with van der Waals surface area (Å²) in [6, 6.07) is 0. The molecule has 4 aliphatic heterocycles. The average molecular weight is 637 g/mol. The predicted octanol–water partition coefficient (Wildman–Crippen LogP) is -9.11. The molecule has 0 unspecified atom stereocenters. The molecule has 20 heteroatoms. The Hall–Kier alpha value is -0.800. The highest BCUT2D eigenvalue weighted by Crippen LogP contribution is 2.33. The van der Waals surface area contributed by atoms with Gasteiger partial charge >= 0.3 is 0 Å². The molecular formula is C23H40O20. The van der Waals surface area contributed by atoms with Crippen LogP contribution in [0.5, 0.6) is 0 Å². The largest absolute Gasteiger partial charge is 0.394 e. The lowest BCUT2D eigenvalue weighted by Gasteiger charge is -2.48. The van der Waals surface area contributed by atoms with E-state index in [0.29, 0.717) is 0 Å². The summed E-state index contributed by atoms with van der Waals surface area (Å²) < 4.78 is 37.9. The van der Waals surface area contributed by atoms with Gasteiger partial charge in [-0.05, 0) is 0 Å². The molecule has 4 heterocycles. The SMILES string of the molecule is OC[C@H]1O[C@H](O[C@H]2[C@H](O)[C@@H](O)[C@@H](O[C@H]3[C@H](O)[C@@H](O)[C@@H](O)O[C@@H]3CO)O[C@@H]2CO[C@H]2OC[C@@H](O)[C@@H](O)[C@@H]2O)[C@H](O)[C@@H](O)[C@H]1O. The van der Waals surface area contributed by atoms with Gasteiger partial charge in [-0.15, -0.1) is 0 Å². The van der Waals surface area contributed by atoms with Gasteiger partial charge in [0.1, 0.15) is 91.6 Å². The lowest BCUT2D eigenvalue weighted by Crippen LogP contribution is -2.66. The summed E-state index contributed by atoms with van der Waals surface area (Å²) in [5.74, 6) is 0. The van der Waals surface area contributed by atoms with Crippen LogP contribution in [0.25, 0.3) is 0 Å². The summed E-state index contributed by atoms with van der Waals surface area (Å²) in [6.45, 7) is -2.73. The molecule has 0 spiro atoms. The van der Waals surface area contributed by atoms with E-state index < -0.39 is 143 Å². The fourth-order valence-electron chi connectivity index (χ4n) is 5.16. The van der Waals surface area contributed by atoms with Gasteiger partial charge < -0.3 is 99.5 Å². The van der Waals surface area contributed by atoms with Crippen molar-refractivity contribution >= 4 is 0 Å². The molecule has 0 saturated carbocycles. The fraction of sp³-hybridized carbons (Fsp3) is 1.00. The minimum absolute atomic E-state index is 0.428. The summed E-state index contributed by atoms with van der Waals surface area (Å²) >= 11 is 0. The molecular weight excluding hydrogens is 596 g/mol. The van der Waals surface area contributed by atoms with Gasteiger partial charge in [0.2, 0.25) is 0 Å². The topological polar surface area (TPSA) is 328 Å². The van der Waals surface area contributed by atoms with E-state index in [1.807, 2.05) is 0 Å². The number of ether oxygens (including phenoxy) is 7. The third-order valence-corrected chi connectivity index (χ3v) is 7.79. The van der Waals surface area contributed by atoms with Crippen molar-refractivity contribution < 1.29 is 99.5 Å². The van der Waals surface area contributed by atoms with Gasteiger partial charge in [-0.1, -0.05) is 0 Å². The van der Waals surface area contributed by atoms with Gasteiger partial charge in [0.25, 0.3) is 0 Å². The Morgan fingerprint density at radius 1 is 0.488 bits per heavy atom. The van der Waals surface area contributed by atoms with E-state index in [0.717, 1.165) is 0 Å². The zero-order valence-electron chi connectivity index (χ0n) is 22.5. The highest BCUT2D eigenvalue weighted by Gasteiger charge is 2.54. The van der Waals surface area contributed by atoms with E-state index in [1.165, 1.54) is 0 Å². The molecule has 0 aromatic heterocycles. The molecule has 0 radical (unpaired) electrons. The molecule has 43 heavy (non-hydrogen) atoms. The highest BCUT2D eigenvalue weighted by molar-refractivity contribution is 4.96. The summed E-state index contributed by atoms with van der Waals surface area (Å²) in [6.07, 6.45) is -32.9. The van der Waals surface area contributed by atoms with Gasteiger partial charge in [-0.3, -0.25) is 0 Å². The summed E-state index contributed by atoms with van der Waals surface area (Å²) in [5, 5.41) is 132. The minimum Gasteiger partial charge on any atom is -0.394 e. The van der Waals surface area contributed by atoms with Crippen LogP contribution in [0.2, 0.25) is 0 Å². The van der Waals surface area contributed by atoms with Crippen LogP contribution in [0.3, 0.4) is 0 Å². The van der Waals surface area contributed by atoms with Crippen molar-refractivity contribution in [2.24, 2.45) is 0 Å². The van der Waals surface area contributed by atoms with Crippen LogP contribution in [0.15, 0.2) is 0 Å². The third-order valence-electron chi connectivity index (χ3n) is 7.79. The van der Waals surface area contributed by atoms with Crippen molar-refractivity contribution in [1.82, 2.24) is 0 Å². The summed E-state index contributed by atoms with van der Waals surface area (Å²) in [4.78, 5) is 0. The first kappa shape index (κ1) is 35.1. The molecule has 4 aliphatic rings. The second-order valence-corrected chi connectivity index (χ2v) is 10.7. The fourth-order valence-corrected chi connectivity index (χ4v) is 5.16. The van der Waals surface area contributed by atoms with E-state index in [1.54, 1.807) is 0 Å². The maximum absolute atomic E-state index is 11.0. The molecule has 4 fully saturated rings. The van der Waals surface area contributed by atoms with Gasteiger partial charge in [-0.25, -0.2) is 0 Å². The minimum atomic E-state index is -2.02. The first-order valence-electron chi connectivity index (χ1n) is 13.5. The van der Waals surface area contributed by atoms with Crippen LogP contribution in [0.4, 0.5) is 0 Å². The molecule has 0 bridgehead atoms. The maximum atomic E-state index is 11.0. The van der Waals surface area contributed by atoms with Gasteiger partial charge in [0.15, 0.2) is 25.2 Å². The Bertz CT molecular complexity index is 867. The van der Waals surface area contributed by atoms with Crippen molar-refractivity contribution in [3.63, 3.8) is 0 Å². The lowest BCUT2D eigenvalue weighted by molar-refractivity contribution is -0.382. The average Bonchev–Trinajstić information content (AvgIpc) is 2.99. The molecule has 4 saturated heterocycles. The van der Waals surface area contributed by atoms with E-state index in [2.05, 4.69) is 0 Å². The Kier molecular flexibility index (Phi) is 12.0. The zero-order chi connectivity index (χ0) is 31.7. The van der Waals surface area contributed by atoms with Crippen molar-refractivity contribution in [3.05, 3.63) is 0 Å². The summed E-state index contributed by atoms with van der Waals surface area (Å²) in [5.41, 5.74) is 0. The van der Waals surface area contributed by atoms with Crippen molar-refractivity contribution in [2.75, 3.05) is 26.4 Å². The number of aliphatic hydroxyl groups excluding tert-OH is 13. The zero-order valence-corrected chi connectivity index (χ0v) is 22.5. The normalized spacial score (nSPS) is 53.1. The van der Waals surface area contributed by atoms with Crippen LogP contribution >= 0.6 is 0 Å². The van der Waals surface area contributed by atoms with E-state index >= 15 is 0 Å². The van der Waals surface area contributed by atoms with E-state index in [-0.39, 0.29) is 0 Å². The van der Waals surface area contributed by atoms with Crippen molar-refractivity contribution in [3.8, 4) is 0 Å². The first-order valence-corrected chi connectivity index (χ1v) is 13.5. The monoisotopic (exact) mass is 636 g/mol. The molecule has 19 atom stereocenters. The van der Waals surface area contributed by atoms with Gasteiger partial charge in [-0.2, -0.15) is 0 Å². The Balaban J connectivity index is 1.54. The number of hydrogen-bond acceptors (Lipinski definition) is 20. The molecule has 0 aliphatic carbocycles. The Morgan fingerprint density at radius 3 is 1.60 bits per heavy atom. The van der Waals surface area contributed by atoms with Crippen LogP contribution in [0, 0.1) is 0 Å². The Morgan fingerprint density at radius 2 is 1.00 bits per heavy atom. The second-order valence-electron chi connectivity index (χ2n) is 10.7. The van der Waals surface area contributed by atoms with Crippen molar-refractivity contribution in [2.45, 2.75) is 117 Å². The lowest BCUT2D eigenvalue weighted by atomic mass is 9.96. The van der Waals surface area contributed by atoms with Crippen molar-refractivity contribution in [1.29, 1.82) is 0 Å². The standard InChI is InChI=1S/C23H40O20/c24-1-6-10(28)11(29)16(34)22(40-6)43-19-8(4-38-21-15(33)9(27)5(26)3-37-21)41-23(17(35)13(19)31)42-18-7(2-25)39-20(36)14(32)12(18)30/h5-36H,1-4H2/t5-,6-,7-,8-,9-,10+,11+,12-,13-,14-,15+,16-,17-,18-,19-,20+,21-,22-,23-/m1/s1. The van der Waals surface area contributed by atoms with Gasteiger partial charge in [0, 0.05) is 0 Å². The molecule has 13 N–H and O–H groups in total. The number of rotatable bonds is 9. The number of aliphatic hydroxyl groups is 13. The summed E-state index contributed by atoms with van der Waals surface area (Å²) in [7, 11) is 0. The molecule has 20 nitrogen and oxygen atoms in total. The first-order chi connectivity index (χ1) is 20.3. The van der Waals surface area contributed by atoms with Crippen LogP contribution in [0.1, 0.15) is 0 Å². The molecule has 252 valence electrons. The molecule has 0 aromatic rings. The maximum Gasteiger partial charge on any atom is 0.187 e. The van der Waals surface area contributed by atoms with Gasteiger partial charge in [0.05, 0.1) is 26.4 Å². The van der Waals surface area contributed by atoms with E-state index in [9.17, 15) is 66.4 Å². The molecule has 0 aromatic carbocycles. The highest BCUT2D eigenvalue weighted by atomic mass is 16.8. The molecule has 4 rings (SSSR count). The number of hydrogen-bond donors (Lipinski definition) is 13. The van der Waals surface area contributed by atoms with E-state index in [4.69, 9.17) is 33.2 Å². The third kappa shape index (κ3) is 7.29. The molecule has 0 amide bonds. The van der Waals surface area contributed by atoms with Crippen LogP contribution < -0.4 is 0 Å². The Labute approximate surface area is 243 Å². The van der Waals surface area contributed by atoms with Crippen LogP contribution in [-0.4, -0.2) is 210 Å². The predicted molar refractivity (Wildman–Crippen MR) is 128 cm³/mol. The quantitative estimate of drug-likeness (QED) is 0.112. The smallest absolute Gasteiger partial charge is 0.187 e.